The van der Waals surface area contributed by atoms with Crippen molar-refractivity contribution in [3.63, 3.8) is 0 Å². The van der Waals surface area contributed by atoms with Gasteiger partial charge in [-0.25, -0.2) is 8.42 Å². The first kappa shape index (κ1) is 20.3. The van der Waals surface area contributed by atoms with Crippen molar-refractivity contribution < 1.29 is 22.7 Å². The number of amides is 1. The molecule has 0 aliphatic carbocycles. The second-order valence-corrected chi connectivity index (χ2v) is 7.92. The summed E-state index contributed by atoms with van der Waals surface area (Å²) >= 11 is 5.70. The highest BCUT2D eigenvalue weighted by atomic mass is 35.5. The van der Waals surface area contributed by atoms with E-state index in [1.54, 1.807) is 13.0 Å². The van der Waals surface area contributed by atoms with Crippen molar-refractivity contribution in [3.05, 3.63) is 75.0 Å². The third-order valence-electron chi connectivity index (χ3n) is 3.69. The predicted molar refractivity (Wildman–Crippen MR) is 105 cm³/mol. The van der Waals surface area contributed by atoms with E-state index in [0.29, 0.717) is 5.76 Å². The van der Waals surface area contributed by atoms with E-state index < -0.39 is 26.5 Å². The van der Waals surface area contributed by atoms with E-state index in [0.717, 1.165) is 18.2 Å². The van der Waals surface area contributed by atoms with Gasteiger partial charge in [-0.15, -0.1) is 0 Å². The molecule has 0 bridgehead atoms. The van der Waals surface area contributed by atoms with E-state index in [2.05, 4.69) is 15.2 Å². The summed E-state index contributed by atoms with van der Waals surface area (Å²) in [4.78, 5) is 22.0. The molecule has 2 aromatic carbocycles. The molecule has 12 heteroatoms. The molecule has 1 aromatic heterocycles. The first-order valence-electron chi connectivity index (χ1n) is 7.97. The predicted octanol–water partition coefficient (Wildman–Crippen LogP) is 3.60. The second-order valence-electron chi connectivity index (χ2n) is 5.83. The van der Waals surface area contributed by atoms with Crippen molar-refractivity contribution in [2.24, 2.45) is 0 Å². The molecule has 0 aliphatic heterocycles. The van der Waals surface area contributed by atoms with Crippen LogP contribution in [0.4, 0.5) is 17.2 Å². The van der Waals surface area contributed by atoms with Crippen LogP contribution >= 0.6 is 11.6 Å². The molecule has 0 radical (unpaired) electrons. The Morgan fingerprint density at radius 2 is 1.86 bits per heavy atom. The number of nitro benzene ring substituents is 1. The number of nitro groups is 1. The van der Waals surface area contributed by atoms with Crippen LogP contribution in [0.3, 0.4) is 0 Å². The van der Waals surface area contributed by atoms with Crippen LogP contribution in [0.5, 0.6) is 0 Å². The number of hydrogen-bond acceptors (Lipinski definition) is 7. The molecule has 0 saturated carbocycles. The zero-order valence-electron chi connectivity index (χ0n) is 14.7. The molecular weight excluding hydrogens is 424 g/mol. The average Bonchev–Trinajstić information content (AvgIpc) is 3.06. The van der Waals surface area contributed by atoms with Crippen LogP contribution in [0.25, 0.3) is 0 Å². The van der Waals surface area contributed by atoms with Gasteiger partial charge in [-0.2, -0.15) is 0 Å². The van der Waals surface area contributed by atoms with Crippen molar-refractivity contribution >= 4 is 44.7 Å². The van der Waals surface area contributed by atoms with E-state index in [4.69, 9.17) is 16.1 Å². The van der Waals surface area contributed by atoms with E-state index in [1.807, 2.05) is 0 Å². The lowest BCUT2D eigenvalue weighted by molar-refractivity contribution is -0.384. The van der Waals surface area contributed by atoms with Crippen LogP contribution in [0, 0.1) is 17.0 Å². The smallest absolute Gasteiger partial charge is 0.289 e. The number of nitrogens with zero attached hydrogens (tertiary/aromatic N) is 2. The van der Waals surface area contributed by atoms with Gasteiger partial charge in [0.25, 0.3) is 21.6 Å². The fraction of sp³-hybridized carbons (Fsp3) is 0.0588. The monoisotopic (exact) mass is 436 g/mol. The maximum absolute atomic E-state index is 12.5. The number of aryl methyl sites for hydroxylation is 1. The number of nitrogens with one attached hydrogen (secondary N) is 2. The SMILES string of the molecule is Cc1cc(NC(=O)c2ccc(NS(=O)(=O)c3ccc(Cl)c([N+](=O)[O-])c3)cc2)no1. The second kappa shape index (κ2) is 7.89. The minimum Gasteiger partial charge on any atom is -0.360 e. The molecule has 0 atom stereocenters. The Morgan fingerprint density at radius 3 is 2.45 bits per heavy atom. The standard InChI is InChI=1S/C17H13ClN4O6S/c1-10-8-16(20-28-10)19-17(23)11-2-4-12(5-3-11)21-29(26,27)13-6-7-14(18)15(9-13)22(24)25/h2-9,21H,1H3,(H,19,20,23). The van der Waals surface area contributed by atoms with Gasteiger partial charge < -0.3 is 9.84 Å². The van der Waals surface area contributed by atoms with Crippen molar-refractivity contribution in [2.75, 3.05) is 10.0 Å². The van der Waals surface area contributed by atoms with Gasteiger partial charge in [0.1, 0.15) is 10.8 Å². The molecule has 2 N–H and O–H groups in total. The van der Waals surface area contributed by atoms with Crippen molar-refractivity contribution in [1.82, 2.24) is 5.16 Å². The summed E-state index contributed by atoms with van der Waals surface area (Å²) in [6.07, 6.45) is 0. The van der Waals surface area contributed by atoms with Crippen LogP contribution in [0.2, 0.25) is 5.02 Å². The number of anilines is 2. The quantitative estimate of drug-likeness (QED) is 0.443. The summed E-state index contributed by atoms with van der Waals surface area (Å²) in [6, 6.07) is 10.3. The number of rotatable bonds is 6. The fourth-order valence-corrected chi connectivity index (χ4v) is 3.58. The Kier molecular flexibility index (Phi) is 5.52. The lowest BCUT2D eigenvalue weighted by atomic mass is 10.2. The molecule has 0 fully saturated rings. The van der Waals surface area contributed by atoms with Crippen molar-refractivity contribution in [1.29, 1.82) is 0 Å². The van der Waals surface area contributed by atoms with Gasteiger partial charge in [-0.05, 0) is 43.3 Å². The van der Waals surface area contributed by atoms with Crippen LogP contribution < -0.4 is 10.0 Å². The largest absolute Gasteiger partial charge is 0.360 e. The summed E-state index contributed by atoms with van der Waals surface area (Å²) in [5, 5.41) is 17.0. The summed E-state index contributed by atoms with van der Waals surface area (Å²) < 4.78 is 32.1. The van der Waals surface area contributed by atoms with Crippen LogP contribution in [-0.2, 0) is 10.0 Å². The van der Waals surface area contributed by atoms with Gasteiger partial charge in [0.15, 0.2) is 5.82 Å². The Labute approximate surface area is 169 Å². The molecule has 3 aromatic rings. The third-order valence-corrected chi connectivity index (χ3v) is 5.39. The zero-order valence-corrected chi connectivity index (χ0v) is 16.3. The van der Waals surface area contributed by atoms with Crippen LogP contribution in [-0.4, -0.2) is 24.4 Å². The minimum absolute atomic E-state index is 0.163. The summed E-state index contributed by atoms with van der Waals surface area (Å²) in [5.74, 6) is 0.329. The number of carbonyl (C=O) groups is 1. The normalized spacial score (nSPS) is 11.1. The van der Waals surface area contributed by atoms with Gasteiger partial charge in [0.05, 0.1) is 9.82 Å². The third kappa shape index (κ3) is 4.70. The molecule has 0 spiro atoms. The summed E-state index contributed by atoms with van der Waals surface area (Å²) in [7, 11) is -4.10. The molecular formula is C17H13ClN4O6S. The van der Waals surface area contributed by atoms with Crippen LogP contribution in [0.15, 0.2) is 57.9 Å². The molecule has 29 heavy (non-hydrogen) atoms. The molecule has 1 amide bonds. The number of hydrogen-bond donors (Lipinski definition) is 2. The number of aromatic nitrogens is 1. The first-order chi connectivity index (χ1) is 13.7. The Morgan fingerprint density at radius 1 is 1.17 bits per heavy atom. The fourth-order valence-electron chi connectivity index (χ4n) is 2.32. The Bertz CT molecular complexity index is 1190. The number of carbonyl (C=O) groups excluding carboxylic acids is 1. The highest BCUT2D eigenvalue weighted by Crippen LogP contribution is 2.28. The van der Waals surface area contributed by atoms with E-state index in [9.17, 15) is 23.3 Å². The first-order valence-corrected chi connectivity index (χ1v) is 9.83. The summed E-state index contributed by atoms with van der Waals surface area (Å²) in [5.41, 5.74) is -0.100. The maximum Gasteiger partial charge on any atom is 0.289 e. The van der Waals surface area contributed by atoms with Crippen molar-refractivity contribution in [2.45, 2.75) is 11.8 Å². The number of halogens is 1. The summed E-state index contributed by atoms with van der Waals surface area (Å²) in [6.45, 7) is 1.68. The molecule has 3 rings (SSSR count). The average molecular weight is 437 g/mol. The van der Waals surface area contributed by atoms with Crippen molar-refractivity contribution in [3.8, 4) is 0 Å². The van der Waals surface area contributed by atoms with Gasteiger partial charge in [0.2, 0.25) is 0 Å². The van der Waals surface area contributed by atoms with E-state index in [1.165, 1.54) is 24.3 Å². The molecule has 10 nitrogen and oxygen atoms in total. The molecule has 150 valence electrons. The maximum atomic E-state index is 12.5. The lowest BCUT2D eigenvalue weighted by Crippen LogP contribution is -2.14. The topological polar surface area (TPSA) is 144 Å². The highest BCUT2D eigenvalue weighted by Gasteiger charge is 2.21. The minimum atomic E-state index is -4.10. The van der Waals surface area contributed by atoms with Crippen LogP contribution in [0.1, 0.15) is 16.1 Å². The lowest BCUT2D eigenvalue weighted by Gasteiger charge is -2.09. The van der Waals surface area contributed by atoms with E-state index in [-0.39, 0.29) is 27.0 Å². The Hall–Kier alpha value is -3.44. The van der Waals surface area contributed by atoms with Gasteiger partial charge in [0, 0.05) is 23.4 Å². The zero-order chi connectivity index (χ0) is 21.2. The number of benzene rings is 2. The van der Waals surface area contributed by atoms with Gasteiger partial charge in [-0.3, -0.25) is 19.6 Å². The molecule has 0 aliphatic rings. The van der Waals surface area contributed by atoms with Gasteiger partial charge >= 0.3 is 0 Å². The van der Waals surface area contributed by atoms with E-state index >= 15 is 0 Å². The molecule has 0 saturated heterocycles. The Balaban J connectivity index is 1.75. The molecule has 1 heterocycles. The van der Waals surface area contributed by atoms with Gasteiger partial charge in [-0.1, -0.05) is 16.8 Å². The molecule has 0 unspecified atom stereocenters. The highest BCUT2D eigenvalue weighted by molar-refractivity contribution is 7.92. The number of sulfonamides is 1.